The molecular formula is C14H17IN4. The van der Waals surface area contributed by atoms with Gasteiger partial charge in [0, 0.05) is 29.4 Å². The molecule has 3 atom stereocenters. The SMILES string of the molecule is Cc1cc([C@@H]2C[C@H]3CC[C@@H](C2)N3)nc2c(I)cnn12. The first-order valence-corrected chi connectivity index (χ1v) is 8.05. The first-order chi connectivity index (χ1) is 9.20. The minimum Gasteiger partial charge on any atom is -0.311 e. The van der Waals surface area contributed by atoms with E-state index < -0.39 is 0 Å². The summed E-state index contributed by atoms with van der Waals surface area (Å²) in [4.78, 5) is 4.88. The van der Waals surface area contributed by atoms with Gasteiger partial charge in [0.25, 0.3) is 0 Å². The van der Waals surface area contributed by atoms with Crippen LogP contribution in [0, 0.1) is 10.5 Å². The Bertz CT molecular complexity index is 624. The lowest BCUT2D eigenvalue weighted by molar-refractivity contribution is 0.359. The lowest BCUT2D eigenvalue weighted by Gasteiger charge is -2.28. The maximum atomic E-state index is 4.88. The zero-order chi connectivity index (χ0) is 13.0. The molecule has 2 aromatic heterocycles. The van der Waals surface area contributed by atoms with Crippen molar-refractivity contribution in [3.8, 4) is 0 Å². The van der Waals surface area contributed by atoms with Crippen LogP contribution in [0.5, 0.6) is 0 Å². The Morgan fingerprint density at radius 3 is 2.79 bits per heavy atom. The molecular weight excluding hydrogens is 351 g/mol. The van der Waals surface area contributed by atoms with Gasteiger partial charge in [-0.3, -0.25) is 0 Å². The summed E-state index contributed by atoms with van der Waals surface area (Å²) in [7, 11) is 0. The summed E-state index contributed by atoms with van der Waals surface area (Å²) >= 11 is 2.32. The van der Waals surface area contributed by atoms with Gasteiger partial charge in [-0.1, -0.05) is 0 Å². The summed E-state index contributed by atoms with van der Waals surface area (Å²) in [6, 6.07) is 3.66. The monoisotopic (exact) mass is 368 g/mol. The molecule has 2 bridgehead atoms. The molecule has 2 aliphatic heterocycles. The van der Waals surface area contributed by atoms with E-state index in [0.29, 0.717) is 18.0 Å². The lowest BCUT2D eigenvalue weighted by Crippen LogP contribution is -2.37. The van der Waals surface area contributed by atoms with E-state index in [9.17, 15) is 0 Å². The quantitative estimate of drug-likeness (QED) is 0.787. The number of hydrogen-bond donors (Lipinski definition) is 1. The highest BCUT2D eigenvalue weighted by Crippen LogP contribution is 2.36. The Hall–Kier alpha value is -0.690. The molecule has 0 aromatic carbocycles. The molecule has 0 aliphatic carbocycles. The van der Waals surface area contributed by atoms with Gasteiger partial charge in [-0.05, 0) is 61.3 Å². The van der Waals surface area contributed by atoms with Crippen LogP contribution < -0.4 is 5.32 Å². The second-order valence-corrected chi connectivity index (χ2v) is 7.02. The molecule has 2 saturated heterocycles. The van der Waals surface area contributed by atoms with E-state index >= 15 is 0 Å². The fourth-order valence-corrected chi connectivity index (χ4v) is 4.09. The van der Waals surface area contributed by atoms with Crippen molar-refractivity contribution < 1.29 is 0 Å². The van der Waals surface area contributed by atoms with E-state index in [1.54, 1.807) is 0 Å². The highest BCUT2D eigenvalue weighted by Gasteiger charge is 2.34. The van der Waals surface area contributed by atoms with Gasteiger partial charge in [-0.15, -0.1) is 0 Å². The molecule has 2 aromatic rings. The predicted molar refractivity (Wildman–Crippen MR) is 82.4 cm³/mol. The van der Waals surface area contributed by atoms with Gasteiger partial charge >= 0.3 is 0 Å². The Morgan fingerprint density at radius 1 is 1.32 bits per heavy atom. The summed E-state index contributed by atoms with van der Waals surface area (Å²) < 4.78 is 3.08. The number of piperidine rings is 1. The maximum absolute atomic E-state index is 4.88. The van der Waals surface area contributed by atoms with Gasteiger partial charge in [0.15, 0.2) is 5.65 Å². The first-order valence-electron chi connectivity index (χ1n) is 6.97. The van der Waals surface area contributed by atoms with Crippen LogP contribution in [-0.2, 0) is 0 Å². The van der Waals surface area contributed by atoms with Crippen molar-refractivity contribution in [2.45, 2.75) is 50.6 Å². The van der Waals surface area contributed by atoms with Crippen LogP contribution in [0.2, 0.25) is 0 Å². The Labute approximate surface area is 126 Å². The van der Waals surface area contributed by atoms with Gasteiger partial charge in [-0.25, -0.2) is 9.50 Å². The highest BCUT2D eigenvalue weighted by molar-refractivity contribution is 14.1. The smallest absolute Gasteiger partial charge is 0.168 e. The summed E-state index contributed by atoms with van der Waals surface area (Å²) in [5.74, 6) is 0.619. The van der Waals surface area contributed by atoms with Crippen LogP contribution in [0.4, 0.5) is 0 Å². The van der Waals surface area contributed by atoms with E-state index in [0.717, 1.165) is 9.22 Å². The molecule has 2 aliphatic rings. The molecule has 100 valence electrons. The van der Waals surface area contributed by atoms with Gasteiger partial charge in [0.05, 0.1) is 9.77 Å². The van der Waals surface area contributed by atoms with E-state index in [1.165, 1.54) is 37.1 Å². The molecule has 1 N–H and O–H groups in total. The van der Waals surface area contributed by atoms with Crippen molar-refractivity contribution in [2.75, 3.05) is 0 Å². The van der Waals surface area contributed by atoms with Gasteiger partial charge in [0.2, 0.25) is 0 Å². The van der Waals surface area contributed by atoms with Crippen molar-refractivity contribution in [2.24, 2.45) is 0 Å². The molecule has 2 fully saturated rings. The average Bonchev–Trinajstić information content (AvgIpc) is 2.93. The topological polar surface area (TPSA) is 42.2 Å². The molecule has 0 saturated carbocycles. The average molecular weight is 368 g/mol. The van der Waals surface area contributed by atoms with E-state index in [2.05, 4.69) is 46.0 Å². The number of fused-ring (bicyclic) bond motifs is 3. The summed E-state index contributed by atoms with van der Waals surface area (Å²) in [6.07, 6.45) is 7.05. The summed E-state index contributed by atoms with van der Waals surface area (Å²) in [6.45, 7) is 2.12. The van der Waals surface area contributed by atoms with E-state index in [1.807, 2.05) is 10.7 Å². The fraction of sp³-hybridized carbons (Fsp3) is 0.571. The van der Waals surface area contributed by atoms with Crippen molar-refractivity contribution >= 4 is 28.2 Å². The molecule has 4 nitrogen and oxygen atoms in total. The van der Waals surface area contributed by atoms with Crippen molar-refractivity contribution in [1.82, 2.24) is 19.9 Å². The molecule has 0 radical (unpaired) electrons. The molecule has 4 rings (SSSR count). The molecule has 4 heterocycles. The van der Waals surface area contributed by atoms with Crippen LogP contribution in [0.15, 0.2) is 12.3 Å². The first kappa shape index (κ1) is 12.1. The Morgan fingerprint density at radius 2 is 2.05 bits per heavy atom. The second-order valence-electron chi connectivity index (χ2n) is 5.86. The number of halogens is 1. The zero-order valence-corrected chi connectivity index (χ0v) is 13.1. The number of aromatic nitrogens is 3. The third kappa shape index (κ3) is 1.98. The fourth-order valence-electron chi connectivity index (χ4n) is 3.62. The molecule has 0 unspecified atom stereocenters. The number of rotatable bonds is 1. The molecule has 19 heavy (non-hydrogen) atoms. The number of hydrogen-bond acceptors (Lipinski definition) is 3. The minimum absolute atomic E-state index is 0.619. The zero-order valence-electron chi connectivity index (χ0n) is 10.9. The standard InChI is InChI=1S/C14H17IN4/c1-8-4-13(18-14-12(15)7-16-19(8)14)9-5-10-2-3-11(6-9)17-10/h4,7,9-11,17H,2-3,5-6H2,1H3/t9-,10-,11+. The molecule has 0 amide bonds. The summed E-state index contributed by atoms with van der Waals surface area (Å²) in [5.41, 5.74) is 3.47. The van der Waals surface area contributed by atoms with Gasteiger partial charge < -0.3 is 5.32 Å². The predicted octanol–water partition coefficient (Wildman–Crippen LogP) is 2.64. The van der Waals surface area contributed by atoms with Crippen LogP contribution >= 0.6 is 22.6 Å². The number of nitrogens with zero attached hydrogens (tertiary/aromatic N) is 3. The van der Waals surface area contributed by atoms with E-state index in [4.69, 9.17) is 4.98 Å². The van der Waals surface area contributed by atoms with Gasteiger partial charge in [-0.2, -0.15) is 5.10 Å². The normalized spacial score (nSPS) is 30.1. The number of nitrogens with one attached hydrogen (secondary N) is 1. The van der Waals surface area contributed by atoms with Crippen molar-refractivity contribution in [3.63, 3.8) is 0 Å². The maximum Gasteiger partial charge on any atom is 0.168 e. The van der Waals surface area contributed by atoms with Crippen LogP contribution in [0.3, 0.4) is 0 Å². The van der Waals surface area contributed by atoms with Gasteiger partial charge in [0.1, 0.15) is 0 Å². The van der Waals surface area contributed by atoms with Crippen LogP contribution in [0.25, 0.3) is 5.65 Å². The molecule has 0 spiro atoms. The van der Waals surface area contributed by atoms with E-state index in [-0.39, 0.29) is 0 Å². The molecule has 5 heteroatoms. The van der Waals surface area contributed by atoms with Crippen LogP contribution in [0.1, 0.15) is 43.0 Å². The second kappa shape index (κ2) is 4.41. The minimum atomic E-state index is 0.619. The lowest BCUT2D eigenvalue weighted by atomic mass is 9.89. The highest BCUT2D eigenvalue weighted by atomic mass is 127. The third-order valence-electron chi connectivity index (χ3n) is 4.52. The van der Waals surface area contributed by atoms with Crippen molar-refractivity contribution in [3.05, 3.63) is 27.2 Å². The summed E-state index contributed by atoms with van der Waals surface area (Å²) in [5, 5.41) is 8.08. The van der Waals surface area contributed by atoms with Crippen LogP contribution in [-0.4, -0.2) is 26.7 Å². The Balaban J connectivity index is 1.76. The Kier molecular flexibility index (Phi) is 2.80. The van der Waals surface area contributed by atoms with Crippen molar-refractivity contribution in [1.29, 1.82) is 0 Å². The number of aryl methyl sites for hydroxylation is 1. The largest absolute Gasteiger partial charge is 0.311 e. The third-order valence-corrected chi connectivity index (χ3v) is 5.28.